The second kappa shape index (κ2) is 5.32. The Morgan fingerprint density at radius 3 is 2.80 bits per heavy atom. The van der Waals surface area contributed by atoms with E-state index in [0.717, 1.165) is 11.1 Å². The van der Waals surface area contributed by atoms with Gasteiger partial charge in [0.25, 0.3) is 0 Å². The molecule has 3 nitrogen and oxygen atoms in total. The number of aromatic carboxylic acids is 1. The van der Waals surface area contributed by atoms with Gasteiger partial charge in [0.15, 0.2) is 0 Å². The monoisotopic (exact) mass is 206 g/mol. The van der Waals surface area contributed by atoms with Gasteiger partial charge in [-0.3, -0.25) is 0 Å². The van der Waals surface area contributed by atoms with Gasteiger partial charge in [-0.25, -0.2) is 4.79 Å². The summed E-state index contributed by atoms with van der Waals surface area (Å²) in [4.78, 5) is 10.8. The molecule has 0 aromatic heterocycles. The second-order valence-corrected chi connectivity index (χ2v) is 3.24. The number of carbonyl (C=O) groups is 1. The zero-order valence-corrected chi connectivity index (χ0v) is 8.60. The van der Waals surface area contributed by atoms with E-state index in [9.17, 15) is 4.79 Å². The average Bonchev–Trinajstić information content (AvgIpc) is 2.20. The van der Waals surface area contributed by atoms with Crippen molar-refractivity contribution in [2.24, 2.45) is 0 Å². The molecule has 0 aliphatic carbocycles. The Bertz CT molecular complexity index is 380. The minimum absolute atomic E-state index is 0.105. The number of carboxylic acids is 1. The van der Waals surface area contributed by atoms with Crippen LogP contribution in [0.4, 0.5) is 0 Å². The van der Waals surface area contributed by atoms with Crippen LogP contribution in [-0.2, 0) is 0 Å². The van der Waals surface area contributed by atoms with Crippen molar-refractivity contribution in [2.45, 2.75) is 13.3 Å². The molecule has 0 saturated heterocycles. The molecule has 1 aromatic carbocycles. The molecular formula is C12H14O3. The quantitative estimate of drug-likeness (QED) is 0.793. The highest BCUT2D eigenvalue weighted by Crippen LogP contribution is 2.15. The van der Waals surface area contributed by atoms with Crippen LogP contribution < -0.4 is 0 Å². The van der Waals surface area contributed by atoms with Crippen LogP contribution >= 0.6 is 0 Å². The fraction of sp³-hybridized carbons (Fsp3) is 0.250. The van der Waals surface area contributed by atoms with Gasteiger partial charge in [0.05, 0.1) is 5.56 Å². The van der Waals surface area contributed by atoms with Gasteiger partial charge in [-0.1, -0.05) is 24.3 Å². The minimum atomic E-state index is -0.912. The Morgan fingerprint density at radius 1 is 1.47 bits per heavy atom. The molecule has 2 N–H and O–H groups in total. The third-order valence-electron chi connectivity index (χ3n) is 2.20. The molecule has 0 unspecified atom stereocenters. The van der Waals surface area contributed by atoms with Gasteiger partial charge in [-0.15, -0.1) is 0 Å². The number of carboxylic acid groups (broad SMARTS) is 1. The van der Waals surface area contributed by atoms with Gasteiger partial charge in [0, 0.05) is 6.61 Å². The normalized spacial score (nSPS) is 10.8. The molecule has 15 heavy (non-hydrogen) atoms. The van der Waals surface area contributed by atoms with Crippen LogP contribution in [0.1, 0.15) is 27.9 Å². The van der Waals surface area contributed by atoms with Gasteiger partial charge in [0.2, 0.25) is 0 Å². The number of aliphatic hydroxyl groups is 1. The zero-order valence-electron chi connectivity index (χ0n) is 8.60. The fourth-order valence-corrected chi connectivity index (χ4v) is 1.35. The van der Waals surface area contributed by atoms with Gasteiger partial charge in [-0.05, 0) is 30.5 Å². The summed E-state index contributed by atoms with van der Waals surface area (Å²) in [5, 5.41) is 17.5. The first-order valence-electron chi connectivity index (χ1n) is 4.77. The minimum Gasteiger partial charge on any atom is -0.478 e. The number of hydrogen-bond donors (Lipinski definition) is 2. The molecule has 0 spiro atoms. The number of benzene rings is 1. The molecule has 0 aliphatic heterocycles. The maximum absolute atomic E-state index is 10.8. The largest absolute Gasteiger partial charge is 0.478 e. The van der Waals surface area contributed by atoms with Crippen molar-refractivity contribution in [3.8, 4) is 0 Å². The number of rotatable bonds is 4. The molecule has 0 radical (unpaired) electrons. The van der Waals surface area contributed by atoms with Crippen LogP contribution in [0.25, 0.3) is 6.08 Å². The SMILES string of the molecule is Cc1c(C=CCCO)cccc1C(=O)O. The van der Waals surface area contributed by atoms with E-state index in [2.05, 4.69) is 0 Å². The van der Waals surface area contributed by atoms with E-state index >= 15 is 0 Å². The Balaban J connectivity index is 2.99. The molecule has 0 bridgehead atoms. The summed E-state index contributed by atoms with van der Waals surface area (Å²) in [6.45, 7) is 1.89. The van der Waals surface area contributed by atoms with E-state index in [0.29, 0.717) is 12.0 Å². The van der Waals surface area contributed by atoms with Gasteiger partial charge >= 0.3 is 5.97 Å². The highest BCUT2D eigenvalue weighted by atomic mass is 16.4. The predicted molar refractivity (Wildman–Crippen MR) is 58.9 cm³/mol. The molecule has 1 rings (SSSR count). The average molecular weight is 206 g/mol. The van der Waals surface area contributed by atoms with Crippen LogP contribution in [0.2, 0.25) is 0 Å². The summed E-state index contributed by atoms with van der Waals surface area (Å²) in [7, 11) is 0. The molecule has 0 atom stereocenters. The second-order valence-electron chi connectivity index (χ2n) is 3.24. The zero-order chi connectivity index (χ0) is 11.3. The van der Waals surface area contributed by atoms with E-state index < -0.39 is 5.97 Å². The van der Waals surface area contributed by atoms with Gasteiger partial charge < -0.3 is 10.2 Å². The molecule has 0 amide bonds. The van der Waals surface area contributed by atoms with Crippen molar-refractivity contribution in [3.05, 3.63) is 41.0 Å². The van der Waals surface area contributed by atoms with E-state index in [1.54, 1.807) is 19.1 Å². The third kappa shape index (κ3) is 2.92. The van der Waals surface area contributed by atoms with E-state index in [1.165, 1.54) is 0 Å². The molecule has 1 aromatic rings. The first-order valence-corrected chi connectivity index (χ1v) is 4.77. The first-order chi connectivity index (χ1) is 7.16. The summed E-state index contributed by atoms with van der Waals surface area (Å²) < 4.78 is 0. The summed E-state index contributed by atoms with van der Waals surface area (Å²) in [6, 6.07) is 5.16. The smallest absolute Gasteiger partial charge is 0.335 e. The summed E-state index contributed by atoms with van der Waals surface area (Å²) in [5.41, 5.74) is 1.95. The standard InChI is InChI=1S/C12H14O3/c1-9-10(5-2-3-8-13)6-4-7-11(9)12(14)15/h2,4-7,13H,3,8H2,1H3,(H,14,15). The topological polar surface area (TPSA) is 57.5 Å². The number of hydrogen-bond acceptors (Lipinski definition) is 2. The Hall–Kier alpha value is -1.61. The van der Waals surface area contributed by atoms with Crippen molar-refractivity contribution in [1.82, 2.24) is 0 Å². The van der Waals surface area contributed by atoms with E-state index in [4.69, 9.17) is 10.2 Å². The lowest BCUT2D eigenvalue weighted by atomic mass is 10.0. The van der Waals surface area contributed by atoms with Crippen molar-refractivity contribution >= 4 is 12.0 Å². The van der Waals surface area contributed by atoms with E-state index in [1.807, 2.05) is 18.2 Å². The van der Waals surface area contributed by atoms with Crippen molar-refractivity contribution in [1.29, 1.82) is 0 Å². The summed E-state index contributed by atoms with van der Waals surface area (Å²) in [6.07, 6.45) is 4.24. The summed E-state index contributed by atoms with van der Waals surface area (Å²) in [5.74, 6) is -0.912. The lowest BCUT2D eigenvalue weighted by Crippen LogP contribution is -2.00. The van der Waals surface area contributed by atoms with Crippen LogP contribution in [0, 0.1) is 6.92 Å². The molecule has 0 aliphatic rings. The highest BCUT2D eigenvalue weighted by molar-refractivity contribution is 5.90. The van der Waals surface area contributed by atoms with Gasteiger partial charge in [-0.2, -0.15) is 0 Å². The Labute approximate surface area is 88.7 Å². The van der Waals surface area contributed by atoms with Crippen LogP contribution in [0.5, 0.6) is 0 Å². The van der Waals surface area contributed by atoms with Crippen molar-refractivity contribution < 1.29 is 15.0 Å². The van der Waals surface area contributed by atoms with Crippen molar-refractivity contribution in [3.63, 3.8) is 0 Å². The molecule has 3 heteroatoms. The Morgan fingerprint density at radius 2 is 2.20 bits per heavy atom. The molecular weight excluding hydrogens is 192 g/mol. The fourth-order valence-electron chi connectivity index (χ4n) is 1.35. The van der Waals surface area contributed by atoms with Crippen LogP contribution in [0.3, 0.4) is 0 Å². The Kier molecular flexibility index (Phi) is 4.06. The highest BCUT2D eigenvalue weighted by Gasteiger charge is 2.07. The van der Waals surface area contributed by atoms with Crippen LogP contribution in [-0.4, -0.2) is 22.8 Å². The number of aliphatic hydroxyl groups excluding tert-OH is 1. The maximum atomic E-state index is 10.8. The summed E-state index contributed by atoms with van der Waals surface area (Å²) >= 11 is 0. The first kappa shape index (κ1) is 11.5. The lowest BCUT2D eigenvalue weighted by Gasteiger charge is -2.04. The third-order valence-corrected chi connectivity index (χ3v) is 2.20. The molecule has 0 heterocycles. The van der Waals surface area contributed by atoms with Crippen molar-refractivity contribution in [2.75, 3.05) is 6.61 Å². The molecule has 0 saturated carbocycles. The van der Waals surface area contributed by atoms with E-state index in [-0.39, 0.29) is 6.61 Å². The molecule has 0 fully saturated rings. The van der Waals surface area contributed by atoms with Crippen LogP contribution in [0.15, 0.2) is 24.3 Å². The lowest BCUT2D eigenvalue weighted by molar-refractivity contribution is 0.0696. The van der Waals surface area contributed by atoms with Gasteiger partial charge in [0.1, 0.15) is 0 Å². The maximum Gasteiger partial charge on any atom is 0.335 e. The molecule has 80 valence electrons. The predicted octanol–water partition coefficient (Wildman–Crippen LogP) is 2.09.